The summed E-state index contributed by atoms with van der Waals surface area (Å²) in [6, 6.07) is 9.64. The molecule has 0 radical (unpaired) electrons. The molecule has 1 aliphatic heterocycles. The molecule has 4 heteroatoms. The van der Waals surface area contributed by atoms with Crippen LogP contribution in [0.25, 0.3) is 0 Å². The van der Waals surface area contributed by atoms with Crippen LogP contribution in [0.1, 0.15) is 5.56 Å². The van der Waals surface area contributed by atoms with Crippen molar-refractivity contribution in [2.24, 2.45) is 0 Å². The number of hydrogen-bond donors (Lipinski definition) is 0. The molecule has 0 N–H and O–H groups in total. The third-order valence-corrected chi connectivity index (χ3v) is 2.32. The lowest BCUT2D eigenvalue weighted by Gasteiger charge is -2.16. The number of ether oxygens (including phenoxy) is 1. The molecule has 1 aliphatic rings. The molecular weight excluding hydrogens is 204 g/mol. The van der Waals surface area contributed by atoms with Crippen LogP contribution >= 0.6 is 0 Å². The van der Waals surface area contributed by atoms with E-state index in [1.807, 2.05) is 48.5 Å². The minimum atomic E-state index is -0.315. The molecule has 4 nitrogen and oxygen atoms in total. The molecule has 0 saturated carbocycles. The Balaban J connectivity index is 1.83. The monoisotopic (exact) mass is 218 g/mol. The first kappa shape index (κ1) is 10.5. The lowest BCUT2D eigenvalue weighted by atomic mass is 10.2. The first-order valence-corrected chi connectivity index (χ1v) is 5.11. The van der Waals surface area contributed by atoms with Gasteiger partial charge in [0.2, 0.25) is 0 Å². The summed E-state index contributed by atoms with van der Waals surface area (Å²) in [5.41, 5.74) is 0.993. The summed E-state index contributed by atoms with van der Waals surface area (Å²) >= 11 is 0. The molecule has 1 heterocycles. The molecule has 0 saturated heterocycles. The smallest absolute Gasteiger partial charge is 0.415 e. The van der Waals surface area contributed by atoms with Gasteiger partial charge in [0.15, 0.2) is 0 Å². The van der Waals surface area contributed by atoms with Gasteiger partial charge < -0.3 is 9.64 Å². The van der Waals surface area contributed by atoms with Crippen LogP contribution in [0.4, 0.5) is 4.79 Å². The highest BCUT2D eigenvalue weighted by molar-refractivity contribution is 5.69. The largest absolute Gasteiger partial charge is 0.444 e. The molecule has 0 fully saturated rings. The summed E-state index contributed by atoms with van der Waals surface area (Å²) in [6.07, 6.45) is 3.24. The van der Waals surface area contributed by atoms with Crippen molar-refractivity contribution in [2.75, 3.05) is 13.7 Å². The number of amides is 1. The molecule has 1 aromatic rings. The van der Waals surface area contributed by atoms with Gasteiger partial charge in [0, 0.05) is 19.4 Å². The van der Waals surface area contributed by atoms with Gasteiger partial charge >= 0.3 is 6.09 Å². The van der Waals surface area contributed by atoms with Gasteiger partial charge in [-0.05, 0) is 5.56 Å². The van der Waals surface area contributed by atoms with Crippen LogP contribution < -0.4 is 0 Å². The lowest BCUT2D eigenvalue weighted by Crippen LogP contribution is -2.29. The van der Waals surface area contributed by atoms with Crippen LogP contribution in [0.3, 0.4) is 0 Å². The normalized spacial score (nSPS) is 14.3. The van der Waals surface area contributed by atoms with Gasteiger partial charge in [-0.3, -0.25) is 4.90 Å². The molecule has 84 valence electrons. The van der Waals surface area contributed by atoms with Crippen molar-refractivity contribution in [1.29, 1.82) is 0 Å². The van der Waals surface area contributed by atoms with E-state index >= 15 is 0 Å². The Morgan fingerprint density at radius 3 is 2.69 bits per heavy atom. The zero-order valence-corrected chi connectivity index (χ0v) is 9.17. The maximum absolute atomic E-state index is 11.6. The molecule has 0 atom stereocenters. The molecule has 0 spiro atoms. The van der Waals surface area contributed by atoms with E-state index in [-0.39, 0.29) is 6.09 Å². The van der Waals surface area contributed by atoms with Crippen molar-refractivity contribution in [1.82, 2.24) is 9.80 Å². The average molecular weight is 218 g/mol. The highest BCUT2D eigenvalue weighted by Crippen LogP contribution is 2.08. The molecule has 2 rings (SSSR count). The van der Waals surface area contributed by atoms with Gasteiger partial charge in [-0.15, -0.1) is 0 Å². The molecule has 16 heavy (non-hydrogen) atoms. The first-order chi connectivity index (χ1) is 7.75. The summed E-state index contributed by atoms with van der Waals surface area (Å²) < 4.78 is 5.17. The maximum Gasteiger partial charge on any atom is 0.415 e. The lowest BCUT2D eigenvalue weighted by molar-refractivity contribution is 0.106. The molecule has 1 amide bonds. The molecule has 0 aromatic heterocycles. The second-order valence-corrected chi connectivity index (χ2v) is 3.71. The van der Waals surface area contributed by atoms with Crippen molar-refractivity contribution >= 4 is 6.09 Å². The molecule has 0 aliphatic carbocycles. The van der Waals surface area contributed by atoms with Crippen LogP contribution in [0.15, 0.2) is 42.7 Å². The van der Waals surface area contributed by atoms with Gasteiger partial charge in [0.25, 0.3) is 0 Å². The van der Waals surface area contributed by atoms with E-state index in [4.69, 9.17) is 4.74 Å². The first-order valence-electron chi connectivity index (χ1n) is 5.11. The molecule has 1 aromatic carbocycles. The predicted molar refractivity (Wildman–Crippen MR) is 60.2 cm³/mol. The minimum Gasteiger partial charge on any atom is -0.444 e. The van der Waals surface area contributed by atoms with Gasteiger partial charge in [0.1, 0.15) is 6.61 Å². The highest BCUT2D eigenvalue weighted by atomic mass is 16.6. The topological polar surface area (TPSA) is 32.8 Å². The fourth-order valence-corrected chi connectivity index (χ4v) is 1.45. The van der Waals surface area contributed by atoms with Crippen LogP contribution in [-0.2, 0) is 11.3 Å². The molecule has 0 unspecified atom stereocenters. The number of nitrogens with zero attached hydrogens (tertiary/aromatic N) is 2. The summed E-state index contributed by atoms with van der Waals surface area (Å²) in [7, 11) is 1.90. The quantitative estimate of drug-likeness (QED) is 0.761. The van der Waals surface area contributed by atoms with Crippen molar-refractivity contribution in [3.8, 4) is 0 Å². The molecule has 0 bridgehead atoms. The Kier molecular flexibility index (Phi) is 3.10. The third kappa shape index (κ3) is 2.53. The van der Waals surface area contributed by atoms with E-state index in [0.717, 1.165) is 5.56 Å². The van der Waals surface area contributed by atoms with Crippen LogP contribution in [0, 0.1) is 0 Å². The van der Waals surface area contributed by atoms with Gasteiger partial charge in [0.05, 0.1) is 6.67 Å². The fourth-order valence-electron chi connectivity index (χ4n) is 1.45. The highest BCUT2D eigenvalue weighted by Gasteiger charge is 2.17. The van der Waals surface area contributed by atoms with Crippen molar-refractivity contribution in [2.45, 2.75) is 6.61 Å². The van der Waals surface area contributed by atoms with Gasteiger partial charge in [-0.2, -0.15) is 0 Å². The number of rotatable bonds is 2. The Hall–Kier alpha value is -1.97. The van der Waals surface area contributed by atoms with Gasteiger partial charge in [-0.25, -0.2) is 4.79 Å². The van der Waals surface area contributed by atoms with E-state index in [0.29, 0.717) is 13.3 Å². The van der Waals surface area contributed by atoms with E-state index in [9.17, 15) is 4.79 Å². The number of carbonyl (C=O) groups excluding carboxylic acids is 1. The predicted octanol–water partition coefficient (Wildman–Crippen LogP) is 2.00. The summed E-state index contributed by atoms with van der Waals surface area (Å²) in [4.78, 5) is 15.0. The Bertz CT molecular complexity index is 389. The fraction of sp³-hybridized carbons (Fsp3) is 0.250. The third-order valence-electron chi connectivity index (χ3n) is 2.32. The number of benzene rings is 1. The summed E-state index contributed by atoms with van der Waals surface area (Å²) in [5.74, 6) is 0. The zero-order chi connectivity index (χ0) is 11.4. The Morgan fingerprint density at radius 1 is 1.31 bits per heavy atom. The standard InChI is InChI=1S/C12H14N2O2/c1-13-7-8-14(10-13)12(15)16-9-11-5-3-2-4-6-11/h2-8H,9-10H2,1H3. The summed E-state index contributed by atoms with van der Waals surface area (Å²) in [5, 5.41) is 0. The second-order valence-electron chi connectivity index (χ2n) is 3.71. The number of hydrogen-bond acceptors (Lipinski definition) is 3. The van der Waals surface area contributed by atoms with Crippen LogP contribution in [0.2, 0.25) is 0 Å². The Labute approximate surface area is 94.7 Å². The Morgan fingerprint density at radius 2 is 2.06 bits per heavy atom. The second kappa shape index (κ2) is 4.70. The van der Waals surface area contributed by atoms with Gasteiger partial charge in [-0.1, -0.05) is 30.3 Å². The van der Waals surface area contributed by atoms with E-state index < -0.39 is 0 Å². The van der Waals surface area contributed by atoms with Crippen LogP contribution in [-0.4, -0.2) is 29.6 Å². The van der Waals surface area contributed by atoms with E-state index in [2.05, 4.69) is 0 Å². The number of carbonyl (C=O) groups is 1. The van der Waals surface area contributed by atoms with Crippen LogP contribution in [0.5, 0.6) is 0 Å². The van der Waals surface area contributed by atoms with E-state index in [1.54, 1.807) is 6.20 Å². The summed E-state index contributed by atoms with van der Waals surface area (Å²) in [6.45, 7) is 0.862. The van der Waals surface area contributed by atoms with Crippen molar-refractivity contribution in [3.05, 3.63) is 48.3 Å². The van der Waals surface area contributed by atoms with Crippen molar-refractivity contribution in [3.63, 3.8) is 0 Å². The minimum absolute atomic E-state index is 0.313. The SMILES string of the molecule is CN1C=CN(C(=O)OCc2ccccc2)C1. The van der Waals surface area contributed by atoms with Crippen molar-refractivity contribution < 1.29 is 9.53 Å². The van der Waals surface area contributed by atoms with E-state index in [1.165, 1.54) is 4.90 Å². The maximum atomic E-state index is 11.6. The average Bonchev–Trinajstić information content (AvgIpc) is 2.74. The molecular formula is C12H14N2O2. The zero-order valence-electron chi connectivity index (χ0n) is 9.17.